The highest BCUT2D eigenvalue weighted by Gasteiger charge is 2.20. The molecule has 4 aromatic rings. The maximum Gasteiger partial charge on any atom is 0.235 e. The summed E-state index contributed by atoms with van der Waals surface area (Å²) in [6.07, 6.45) is 0. The van der Waals surface area contributed by atoms with Gasteiger partial charge in [-0.15, -0.1) is 0 Å². The second kappa shape index (κ2) is 8.58. The molecule has 156 valence electrons. The smallest absolute Gasteiger partial charge is 0.235 e. The van der Waals surface area contributed by atoms with E-state index in [1.54, 1.807) is 42.5 Å². The van der Waals surface area contributed by atoms with Crippen molar-refractivity contribution in [2.75, 3.05) is 6.61 Å². The fraction of sp³-hybridized carbons (Fsp3) is 0.120. The quantitative estimate of drug-likeness (QED) is 0.318. The number of hydrogen-bond acceptors (Lipinski definition) is 4. The topological polar surface area (TPSA) is 56.5 Å². The molecular formula is C25H18Cl2O4. The summed E-state index contributed by atoms with van der Waals surface area (Å²) in [5.41, 5.74) is 3.19. The molecule has 1 heterocycles. The third-order valence-corrected chi connectivity index (χ3v) is 5.58. The van der Waals surface area contributed by atoms with Crippen LogP contribution >= 0.6 is 23.2 Å². The van der Waals surface area contributed by atoms with Gasteiger partial charge in [-0.05, 0) is 73.5 Å². The van der Waals surface area contributed by atoms with Crippen LogP contribution in [0.4, 0.5) is 0 Å². The molecule has 0 unspecified atom stereocenters. The molecule has 0 amide bonds. The summed E-state index contributed by atoms with van der Waals surface area (Å²) in [6.45, 7) is 3.61. The van der Waals surface area contributed by atoms with Crippen molar-refractivity contribution in [3.8, 4) is 17.1 Å². The van der Waals surface area contributed by atoms with E-state index in [4.69, 9.17) is 32.4 Å². The van der Waals surface area contributed by atoms with Crippen molar-refractivity contribution in [3.63, 3.8) is 0 Å². The number of Topliss-reactive ketones (excluding diaryl/α,β-unsaturated/α-hetero) is 1. The first kappa shape index (κ1) is 21.2. The van der Waals surface area contributed by atoms with E-state index in [9.17, 15) is 9.59 Å². The maximum absolute atomic E-state index is 13.2. The maximum atomic E-state index is 13.2. The van der Waals surface area contributed by atoms with E-state index in [1.165, 1.54) is 6.07 Å². The van der Waals surface area contributed by atoms with Crippen molar-refractivity contribution in [1.82, 2.24) is 0 Å². The Hall–Kier alpha value is -3.08. The Balaban J connectivity index is 1.77. The highest BCUT2D eigenvalue weighted by Crippen LogP contribution is 2.32. The van der Waals surface area contributed by atoms with E-state index in [1.807, 2.05) is 26.0 Å². The lowest BCUT2D eigenvalue weighted by molar-refractivity contribution is 0.0920. The number of hydrogen-bond donors (Lipinski definition) is 0. The molecule has 0 saturated carbocycles. The Kier molecular flexibility index (Phi) is 5.86. The van der Waals surface area contributed by atoms with Gasteiger partial charge in [0.15, 0.2) is 18.2 Å². The summed E-state index contributed by atoms with van der Waals surface area (Å²) >= 11 is 12.1. The molecular weight excluding hydrogens is 435 g/mol. The summed E-state index contributed by atoms with van der Waals surface area (Å²) in [7, 11) is 0. The fourth-order valence-corrected chi connectivity index (χ4v) is 3.51. The monoisotopic (exact) mass is 452 g/mol. The van der Waals surface area contributed by atoms with Crippen LogP contribution in [0.2, 0.25) is 10.0 Å². The SMILES string of the molecule is Cc1ccc(C(=O)COc2c(-c3ccc(Cl)cc3)oc3ccc(Cl)cc3c2=O)cc1C. The lowest BCUT2D eigenvalue weighted by Gasteiger charge is -2.12. The second-order valence-corrected chi connectivity index (χ2v) is 8.12. The number of ether oxygens (including phenoxy) is 1. The summed E-state index contributed by atoms with van der Waals surface area (Å²) in [4.78, 5) is 25.9. The third-order valence-electron chi connectivity index (χ3n) is 5.09. The van der Waals surface area contributed by atoms with Crippen LogP contribution in [0.5, 0.6) is 5.75 Å². The van der Waals surface area contributed by atoms with E-state index < -0.39 is 5.43 Å². The predicted molar refractivity (Wildman–Crippen MR) is 124 cm³/mol. The van der Waals surface area contributed by atoms with E-state index in [0.29, 0.717) is 26.8 Å². The molecule has 0 fully saturated rings. The van der Waals surface area contributed by atoms with Gasteiger partial charge in [0, 0.05) is 21.2 Å². The van der Waals surface area contributed by atoms with Gasteiger partial charge in [-0.1, -0.05) is 35.3 Å². The highest BCUT2D eigenvalue weighted by molar-refractivity contribution is 6.31. The van der Waals surface area contributed by atoms with Crippen LogP contribution in [0, 0.1) is 13.8 Å². The second-order valence-electron chi connectivity index (χ2n) is 7.25. The first-order valence-corrected chi connectivity index (χ1v) is 10.3. The van der Waals surface area contributed by atoms with Crippen LogP contribution in [0.1, 0.15) is 21.5 Å². The largest absolute Gasteiger partial charge is 0.478 e. The van der Waals surface area contributed by atoms with Gasteiger partial charge < -0.3 is 9.15 Å². The molecule has 31 heavy (non-hydrogen) atoms. The van der Waals surface area contributed by atoms with E-state index in [-0.39, 0.29) is 29.3 Å². The molecule has 4 rings (SSSR count). The minimum atomic E-state index is -0.401. The lowest BCUT2D eigenvalue weighted by Crippen LogP contribution is -2.17. The Morgan fingerprint density at radius 2 is 1.61 bits per heavy atom. The predicted octanol–water partition coefficient (Wildman–Crippen LogP) is 6.65. The molecule has 1 aromatic heterocycles. The number of halogens is 2. The molecule has 0 bridgehead atoms. The summed E-state index contributed by atoms with van der Waals surface area (Å²) < 4.78 is 11.7. The van der Waals surface area contributed by atoms with E-state index in [0.717, 1.165) is 11.1 Å². The zero-order chi connectivity index (χ0) is 22.1. The number of aryl methyl sites for hydroxylation is 2. The zero-order valence-corrected chi connectivity index (χ0v) is 18.4. The molecule has 0 aliphatic rings. The molecule has 0 radical (unpaired) electrons. The van der Waals surface area contributed by atoms with Crippen LogP contribution < -0.4 is 10.2 Å². The number of rotatable bonds is 5. The molecule has 0 spiro atoms. The molecule has 0 aliphatic carbocycles. The van der Waals surface area contributed by atoms with Gasteiger partial charge in [-0.3, -0.25) is 9.59 Å². The Morgan fingerprint density at radius 3 is 2.32 bits per heavy atom. The number of carbonyl (C=O) groups is 1. The Morgan fingerprint density at radius 1 is 0.903 bits per heavy atom. The van der Waals surface area contributed by atoms with Gasteiger partial charge in [0.1, 0.15) is 5.58 Å². The number of fused-ring (bicyclic) bond motifs is 1. The molecule has 4 nitrogen and oxygen atoms in total. The van der Waals surface area contributed by atoms with Crippen molar-refractivity contribution in [3.05, 3.63) is 97.6 Å². The average Bonchev–Trinajstić information content (AvgIpc) is 2.75. The summed E-state index contributed by atoms with van der Waals surface area (Å²) in [5.74, 6) is -0.0607. The molecule has 0 N–H and O–H groups in total. The van der Waals surface area contributed by atoms with E-state index in [2.05, 4.69) is 0 Å². The van der Waals surface area contributed by atoms with Crippen molar-refractivity contribution in [1.29, 1.82) is 0 Å². The number of benzene rings is 3. The van der Waals surface area contributed by atoms with Gasteiger partial charge in [-0.2, -0.15) is 0 Å². The van der Waals surface area contributed by atoms with Crippen molar-refractivity contribution in [2.45, 2.75) is 13.8 Å². The highest BCUT2D eigenvalue weighted by atomic mass is 35.5. The first-order chi connectivity index (χ1) is 14.8. The zero-order valence-electron chi connectivity index (χ0n) is 16.9. The Labute approximate surface area is 189 Å². The number of ketones is 1. The lowest BCUT2D eigenvalue weighted by atomic mass is 10.0. The molecule has 0 aliphatic heterocycles. The van der Waals surface area contributed by atoms with Gasteiger partial charge in [0.2, 0.25) is 11.2 Å². The standard InChI is InChI=1S/C25H18Cl2O4/c1-14-3-4-17(11-15(14)2)21(28)13-30-25-23(29)20-12-19(27)9-10-22(20)31-24(25)16-5-7-18(26)8-6-16/h3-12H,13H2,1-2H3. The van der Waals surface area contributed by atoms with Crippen LogP contribution in [0.15, 0.2) is 69.9 Å². The van der Waals surface area contributed by atoms with Crippen molar-refractivity contribution < 1.29 is 13.9 Å². The Bertz CT molecular complexity index is 1350. The third kappa shape index (κ3) is 4.36. The molecule has 0 atom stereocenters. The average molecular weight is 453 g/mol. The fourth-order valence-electron chi connectivity index (χ4n) is 3.21. The molecule has 0 saturated heterocycles. The minimum Gasteiger partial charge on any atom is -0.478 e. The summed E-state index contributed by atoms with van der Waals surface area (Å²) in [5, 5.41) is 1.22. The van der Waals surface area contributed by atoms with Crippen molar-refractivity contribution in [2.24, 2.45) is 0 Å². The molecule has 6 heteroatoms. The summed E-state index contributed by atoms with van der Waals surface area (Å²) in [6, 6.07) is 17.0. The number of carbonyl (C=O) groups excluding carboxylic acids is 1. The normalized spacial score (nSPS) is 11.0. The van der Waals surface area contributed by atoms with Gasteiger partial charge in [0.25, 0.3) is 0 Å². The first-order valence-electron chi connectivity index (χ1n) is 9.59. The van der Waals surface area contributed by atoms with Gasteiger partial charge >= 0.3 is 0 Å². The minimum absolute atomic E-state index is 0.0470. The van der Waals surface area contributed by atoms with Crippen LogP contribution in [0.25, 0.3) is 22.3 Å². The van der Waals surface area contributed by atoms with Crippen LogP contribution in [-0.2, 0) is 0 Å². The van der Waals surface area contributed by atoms with Gasteiger partial charge in [-0.25, -0.2) is 0 Å². The van der Waals surface area contributed by atoms with Crippen molar-refractivity contribution >= 4 is 40.0 Å². The molecule has 3 aromatic carbocycles. The van der Waals surface area contributed by atoms with Gasteiger partial charge in [0.05, 0.1) is 5.39 Å². The van der Waals surface area contributed by atoms with E-state index >= 15 is 0 Å². The van der Waals surface area contributed by atoms with Crippen LogP contribution in [-0.4, -0.2) is 12.4 Å². The van der Waals surface area contributed by atoms with Crippen LogP contribution in [0.3, 0.4) is 0 Å².